The van der Waals surface area contributed by atoms with Gasteiger partial charge < -0.3 is 19.6 Å². The number of hydrogen-bond acceptors (Lipinski definition) is 4. The van der Waals surface area contributed by atoms with Crippen LogP contribution in [0.4, 0.5) is 0 Å². The molecule has 0 aromatic heterocycles. The van der Waals surface area contributed by atoms with E-state index < -0.39 is 0 Å². The fourth-order valence-corrected chi connectivity index (χ4v) is 4.24. The fraction of sp³-hybridized carbons (Fsp3) is 0.259. The molecule has 0 saturated carbocycles. The molecule has 0 radical (unpaired) electrons. The minimum absolute atomic E-state index is 0.0332. The van der Waals surface area contributed by atoms with Gasteiger partial charge in [-0.05, 0) is 60.4 Å². The maximum absolute atomic E-state index is 13.2. The first-order chi connectivity index (χ1) is 16.0. The number of piperazine rings is 1. The van der Waals surface area contributed by atoms with Gasteiger partial charge in [0.2, 0.25) is 5.91 Å². The summed E-state index contributed by atoms with van der Waals surface area (Å²) >= 11 is 0. The van der Waals surface area contributed by atoms with Crippen molar-refractivity contribution in [3.8, 4) is 11.5 Å². The summed E-state index contributed by atoms with van der Waals surface area (Å²) in [6, 6.07) is 23.9. The first-order valence-corrected chi connectivity index (χ1v) is 11.1. The van der Waals surface area contributed by atoms with Crippen LogP contribution >= 0.6 is 0 Å². The van der Waals surface area contributed by atoms with Crippen LogP contribution in [0, 0.1) is 0 Å². The Labute approximate surface area is 194 Å². The molecule has 3 aromatic carbocycles. The Morgan fingerprint density at radius 3 is 2.42 bits per heavy atom. The lowest BCUT2D eigenvalue weighted by Crippen LogP contribution is -2.57. The topological polar surface area (TPSA) is 70.1 Å². The molecule has 0 unspecified atom stereocenters. The monoisotopic (exact) mass is 444 g/mol. The minimum atomic E-state index is -0.160. The zero-order valence-electron chi connectivity index (χ0n) is 18.7. The summed E-state index contributed by atoms with van der Waals surface area (Å²) in [7, 11) is 1.58. The van der Waals surface area contributed by atoms with E-state index in [2.05, 4.69) is 12.1 Å². The van der Waals surface area contributed by atoms with E-state index in [1.54, 1.807) is 54.5 Å². The maximum Gasteiger partial charge on any atom is 0.254 e. The largest absolute Gasteiger partial charge is 0.508 e. The van der Waals surface area contributed by atoms with Crippen LogP contribution in [-0.4, -0.2) is 53.0 Å². The fourth-order valence-electron chi connectivity index (χ4n) is 4.24. The molecule has 1 aliphatic rings. The standard InChI is InChI=1S/C27H28N2O4/c1-33-25-14-11-22(12-15-25)27(32)28-18-23(13-10-20-6-3-2-4-7-20)29(26(31)19-28)17-21-8-5-9-24(30)16-21/h2-9,11-12,14-16,23,30H,10,13,17-19H2,1H3/t23-/m0/s1. The second-order valence-corrected chi connectivity index (χ2v) is 8.28. The quantitative estimate of drug-likeness (QED) is 0.600. The van der Waals surface area contributed by atoms with Crippen molar-refractivity contribution in [1.82, 2.24) is 9.80 Å². The third-order valence-corrected chi connectivity index (χ3v) is 6.02. The average molecular weight is 445 g/mol. The van der Waals surface area contributed by atoms with E-state index in [4.69, 9.17) is 4.74 Å². The number of carbonyl (C=O) groups is 2. The van der Waals surface area contributed by atoms with Gasteiger partial charge >= 0.3 is 0 Å². The molecule has 170 valence electrons. The van der Waals surface area contributed by atoms with Gasteiger partial charge in [-0.2, -0.15) is 0 Å². The van der Waals surface area contributed by atoms with Gasteiger partial charge in [0.25, 0.3) is 5.91 Å². The van der Waals surface area contributed by atoms with Gasteiger partial charge in [0.15, 0.2) is 0 Å². The van der Waals surface area contributed by atoms with E-state index in [9.17, 15) is 14.7 Å². The van der Waals surface area contributed by atoms with Crippen molar-refractivity contribution in [2.45, 2.75) is 25.4 Å². The van der Waals surface area contributed by atoms with Crippen molar-refractivity contribution in [3.05, 3.63) is 95.6 Å². The smallest absolute Gasteiger partial charge is 0.254 e. The molecule has 6 nitrogen and oxygen atoms in total. The first-order valence-electron chi connectivity index (χ1n) is 11.1. The third kappa shape index (κ3) is 5.52. The van der Waals surface area contributed by atoms with Crippen molar-refractivity contribution in [2.75, 3.05) is 20.2 Å². The number of aryl methyl sites for hydroxylation is 1. The summed E-state index contributed by atoms with van der Waals surface area (Å²) < 4.78 is 5.18. The third-order valence-electron chi connectivity index (χ3n) is 6.02. The first kappa shape index (κ1) is 22.4. The summed E-state index contributed by atoms with van der Waals surface area (Å²) in [6.07, 6.45) is 1.54. The Morgan fingerprint density at radius 2 is 1.73 bits per heavy atom. The van der Waals surface area contributed by atoms with Crippen LogP contribution < -0.4 is 4.74 Å². The van der Waals surface area contributed by atoms with E-state index in [0.717, 1.165) is 18.4 Å². The lowest BCUT2D eigenvalue weighted by atomic mass is 10.00. The molecular weight excluding hydrogens is 416 g/mol. The lowest BCUT2D eigenvalue weighted by Gasteiger charge is -2.41. The van der Waals surface area contributed by atoms with Crippen LogP contribution in [0.1, 0.15) is 27.9 Å². The zero-order valence-corrected chi connectivity index (χ0v) is 18.7. The van der Waals surface area contributed by atoms with Gasteiger partial charge in [-0.3, -0.25) is 9.59 Å². The van der Waals surface area contributed by atoms with Crippen molar-refractivity contribution in [1.29, 1.82) is 0 Å². The number of benzene rings is 3. The zero-order chi connectivity index (χ0) is 23.2. The van der Waals surface area contributed by atoms with E-state index in [0.29, 0.717) is 24.4 Å². The highest BCUT2D eigenvalue weighted by molar-refractivity contribution is 5.97. The van der Waals surface area contributed by atoms with Gasteiger partial charge in [-0.25, -0.2) is 0 Å². The number of nitrogens with zero attached hydrogens (tertiary/aromatic N) is 2. The van der Waals surface area contributed by atoms with Gasteiger partial charge in [0.1, 0.15) is 18.0 Å². The molecule has 33 heavy (non-hydrogen) atoms. The number of phenolic OH excluding ortho intramolecular Hbond substituents is 1. The van der Waals surface area contributed by atoms with E-state index >= 15 is 0 Å². The van der Waals surface area contributed by atoms with E-state index in [1.165, 1.54) is 5.56 Å². The molecule has 0 spiro atoms. The van der Waals surface area contributed by atoms with Crippen molar-refractivity contribution >= 4 is 11.8 Å². The molecule has 1 aliphatic heterocycles. The Bertz CT molecular complexity index is 1100. The molecule has 1 heterocycles. The number of amides is 2. The number of rotatable bonds is 7. The Morgan fingerprint density at radius 1 is 1.00 bits per heavy atom. The molecule has 1 atom stereocenters. The number of aromatic hydroxyl groups is 1. The molecule has 2 amide bonds. The number of carbonyl (C=O) groups excluding carboxylic acids is 2. The van der Waals surface area contributed by atoms with Gasteiger partial charge in [0, 0.05) is 18.7 Å². The van der Waals surface area contributed by atoms with Gasteiger partial charge in [-0.1, -0.05) is 42.5 Å². The highest BCUT2D eigenvalue weighted by Crippen LogP contribution is 2.23. The predicted molar refractivity (Wildman–Crippen MR) is 126 cm³/mol. The van der Waals surface area contributed by atoms with Crippen molar-refractivity contribution in [2.24, 2.45) is 0 Å². The lowest BCUT2D eigenvalue weighted by molar-refractivity contribution is -0.139. The summed E-state index contributed by atoms with van der Waals surface area (Å²) in [5.41, 5.74) is 2.59. The number of methoxy groups -OCH3 is 1. The molecule has 6 heteroatoms. The maximum atomic E-state index is 13.2. The predicted octanol–water partition coefficient (Wildman–Crippen LogP) is 3.89. The molecule has 1 saturated heterocycles. The van der Waals surface area contributed by atoms with Crippen LogP contribution in [0.15, 0.2) is 78.9 Å². The van der Waals surface area contributed by atoms with Crippen LogP contribution in [0.2, 0.25) is 0 Å². The van der Waals surface area contributed by atoms with Gasteiger partial charge in [-0.15, -0.1) is 0 Å². The molecule has 4 rings (SSSR count). The Balaban J connectivity index is 1.53. The minimum Gasteiger partial charge on any atom is -0.508 e. The number of phenols is 1. The van der Waals surface area contributed by atoms with Crippen LogP contribution in [0.25, 0.3) is 0 Å². The second kappa shape index (κ2) is 10.2. The summed E-state index contributed by atoms with van der Waals surface area (Å²) in [5.74, 6) is 0.602. The van der Waals surface area contributed by atoms with Crippen molar-refractivity contribution < 1.29 is 19.4 Å². The van der Waals surface area contributed by atoms with Crippen LogP contribution in [0.5, 0.6) is 11.5 Å². The average Bonchev–Trinajstić information content (AvgIpc) is 2.84. The molecule has 0 aliphatic carbocycles. The van der Waals surface area contributed by atoms with E-state index in [-0.39, 0.29) is 30.2 Å². The summed E-state index contributed by atoms with van der Waals surface area (Å²) in [6.45, 7) is 0.894. The van der Waals surface area contributed by atoms with Gasteiger partial charge in [0.05, 0.1) is 13.2 Å². The Kier molecular flexibility index (Phi) is 6.93. The number of ether oxygens (including phenoxy) is 1. The second-order valence-electron chi connectivity index (χ2n) is 8.28. The highest BCUT2D eigenvalue weighted by atomic mass is 16.5. The molecule has 1 N–H and O–H groups in total. The molecule has 0 bridgehead atoms. The normalized spacial score (nSPS) is 16.0. The molecule has 1 fully saturated rings. The summed E-state index contributed by atoms with van der Waals surface area (Å²) in [4.78, 5) is 29.8. The summed E-state index contributed by atoms with van der Waals surface area (Å²) in [5, 5.41) is 9.84. The SMILES string of the molecule is COc1ccc(C(=O)N2CC(=O)N(Cc3cccc(O)c3)[C@@H](CCc3ccccc3)C2)cc1. The van der Waals surface area contributed by atoms with Crippen LogP contribution in [0.3, 0.4) is 0 Å². The van der Waals surface area contributed by atoms with Crippen LogP contribution in [-0.2, 0) is 17.8 Å². The molecule has 3 aromatic rings. The Hall–Kier alpha value is -3.80. The molecular formula is C27H28N2O4. The highest BCUT2D eigenvalue weighted by Gasteiger charge is 2.34. The number of hydrogen-bond donors (Lipinski definition) is 1. The van der Waals surface area contributed by atoms with E-state index in [1.807, 2.05) is 29.2 Å². The van der Waals surface area contributed by atoms with Crippen molar-refractivity contribution in [3.63, 3.8) is 0 Å².